The summed E-state index contributed by atoms with van der Waals surface area (Å²) in [7, 11) is 0. The summed E-state index contributed by atoms with van der Waals surface area (Å²) in [4.78, 5) is 12.0. The van der Waals surface area contributed by atoms with Crippen molar-refractivity contribution in [2.75, 3.05) is 5.32 Å². The van der Waals surface area contributed by atoms with Crippen LogP contribution in [0.15, 0.2) is 40.9 Å². The van der Waals surface area contributed by atoms with Gasteiger partial charge in [-0.3, -0.25) is 4.79 Å². The Morgan fingerprint density at radius 1 is 1.26 bits per heavy atom. The van der Waals surface area contributed by atoms with Gasteiger partial charge in [0.2, 0.25) is 0 Å². The molecule has 2 N–H and O–H groups in total. The van der Waals surface area contributed by atoms with Crippen LogP contribution >= 0.6 is 15.9 Å². The zero-order chi connectivity index (χ0) is 14.0. The summed E-state index contributed by atoms with van der Waals surface area (Å²) in [5, 5.41) is 12.3. The van der Waals surface area contributed by atoms with Gasteiger partial charge in [0.15, 0.2) is 0 Å². The minimum Gasteiger partial charge on any atom is -0.507 e. The quantitative estimate of drug-likeness (QED) is 0.881. The van der Waals surface area contributed by atoms with Crippen molar-refractivity contribution in [3.63, 3.8) is 0 Å². The number of phenolic OH excluding ortho intramolecular Hbond substituents is 1. The van der Waals surface area contributed by atoms with E-state index in [1.807, 2.05) is 6.92 Å². The van der Waals surface area contributed by atoms with Crippen molar-refractivity contribution >= 4 is 27.5 Å². The first-order valence-corrected chi connectivity index (χ1v) is 6.32. The van der Waals surface area contributed by atoms with Crippen LogP contribution in [0.5, 0.6) is 5.75 Å². The molecule has 0 aliphatic rings. The van der Waals surface area contributed by atoms with Gasteiger partial charge in [0.1, 0.15) is 11.6 Å². The average molecular weight is 324 g/mol. The number of carbonyl (C=O) groups excluding carboxylic acids is 1. The van der Waals surface area contributed by atoms with Crippen molar-refractivity contribution < 1.29 is 14.3 Å². The molecule has 19 heavy (non-hydrogen) atoms. The molecule has 0 aromatic heterocycles. The molecule has 0 heterocycles. The zero-order valence-corrected chi connectivity index (χ0v) is 11.7. The Morgan fingerprint density at radius 3 is 2.63 bits per heavy atom. The molecule has 3 nitrogen and oxygen atoms in total. The maximum atomic E-state index is 12.9. The Kier molecular flexibility index (Phi) is 3.85. The summed E-state index contributed by atoms with van der Waals surface area (Å²) >= 11 is 3.16. The Bertz CT molecular complexity index is 643. The Labute approximate surface area is 118 Å². The van der Waals surface area contributed by atoms with Gasteiger partial charge in [0.25, 0.3) is 5.91 Å². The predicted octanol–water partition coefficient (Wildman–Crippen LogP) is 3.85. The van der Waals surface area contributed by atoms with Crippen LogP contribution in [0.25, 0.3) is 0 Å². The molecule has 0 aliphatic heterocycles. The Balaban J connectivity index is 2.25. The molecule has 1 amide bonds. The van der Waals surface area contributed by atoms with E-state index in [9.17, 15) is 14.3 Å². The van der Waals surface area contributed by atoms with E-state index in [2.05, 4.69) is 21.2 Å². The predicted molar refractivity (Wildman–Crippen MR) is 74.9 cm³/mol. The highest BCUT2D eigenvalue weighted by Crippen LogP contribution is 2.25. The summed E-state index contributed by atoms with van der Waals surface area (Å²) < 4.78 is 13.4. The lowest BCUT2D eigenvalue weighted by atomic mass is 10.1. The summed E-state index contributed by atoms with van der Waals surface area (Å²) in [5.74, 6) is -0.941. The number of amides is 1. The fraction of sp³-hybridized carbons (Fsp3) is 0.0714. The van der Waals surface area contributed by atoms with Crippen LogP contribution < -0.4 is 5.32 Å². The SMILES string of the molecule is Cc1ccc(C(=O)Nc2ccc(F)cc2Br)c(O)c1. The third kappa shape index (κ3) is 3.12. The van der Waals surface area contributed by atoms with Crippen LogP contribution in [0.2, 0.25) is 0 Å². The molecular weight excluding hydrogens is 313 g/mol. The van der Waals surface area contributed by atoms with Crippen LogP contribution in [0.1, 0.15) is 15.9 Å². The molecule has 2 aromatic carbocycles. The van der Waals surface area contributed by atoms with Gasteiger partial charge in [0.05, 0.1) is 11.3 Å². The van der Waals surface area contributed by atoms with Gasteiger partial charge in [-0.05, 0) is 58.7 Å². The fourth-order valence-corrected chi connectivity index (χ4v) is 2.06. The van der Waals surface area contributed by atoms with Crippen LogP contribution in [0.3, 0.4) is 0 Å². The van der Waals surface area contributed by atoms with Gasteiger partial charge in [-0.15, -0.1) is 0 Å². The molecule has 0 saturated carbocycles. The molecule has 2 rings (SSSR count). The molecule has 2 aromatic rings. The van der Waals surface area contributed by atoms with Gasteiger partial charge in [-0.2, -0.15) is 0 Å². The highest BCUT2D eigenvalue weighted by Gasteiger charge is 2.12. The first-order chi connectivity index (χ1) is 8.97. The number of rotatable bonds is 2. The average Bonchev–Trinajstić information content (AvgIpc) is 2.32. The van der Waals surface area contributed by atoms with E-state index in [0.717, 1.165) is 5.56 Å². The molecule has 0 fully saturated rings. The third-order valence-corrected chi connectivity index (χ3v) is 3.23. The second kappa shape index (κ2) is 5.40. The highest BCUT2D eigenvalue weighted by molar-refractivity contribution is 9.10. The molecule has 0 saturated heterocycles. The molecule has 0 bridgehead atoms. The van der Waals surface area contributed by atoms with E-state index >= 15 is 0 Å². The fourth-order valence-electron chi connectivity index (χ4n) is 1.61. The lowest BCUT2D eigenvalue weighted by Crippen LogP contribution is -2.12. The van der Waals surface area contributed by atoms with E-state index in [1.165, 1.54) is 30.3 Å². The molecule has 0 aliphatic carbocycles. The van der Waals surface area contributed by atoms with E-state index in [-0.39, 0.29) is 11.3 Å². The lowest BCUT2D eigenvalue weighted by molar-refractivity contribution is 0.102. The minimum absolute atomic E-state index is 0.0873. The topological polar surface area (TPSA) is 49.3 Å². The summed E-state index contributed by atoms with van der Waals surface area (Å²) in [6, 6.07) is 8.73. The van der Waals surface area contributed by atoms with Crippen molar-refractivity contribution in [1.29, 1.82) is 0 Å². The van der Waals surface area contributed by atoms with E-state index in [0.29, 0.717) is 10.2 Å². The third-order valence-electron chi connectivity index (χ3n) is 2.58. The first-order valence-electron chi connectivity index (χ1n) is 5.53. The molecule has 0 radical (unpaired) electrons. The number of aryl methyl sites for hydroxylation is 1. The number of carbonyl (C=O) groups is 1. The number of anilines is 1. The lowest BCUT2D eigenvalue weighted by Gasteiger charge is -2.09. The Morgan fingerprint density at radius 2 is 2.00 bits per heavy atom. The number of aromatic hydroxyl groups is 1. The molecule has 0 unspecified atom stereocenters. The van der Waals surface area contributed by atoms with Gasteiger partial charge in [0, 0.05) is 4.47 Å². The Hall–Kier alpha value is -1.88. The molecule has 0 atom stereocenters. The van der Waals surface area contributed by atoms with Gasteiger partial charge in [-0.1, -0.05) is 6.07 Å². The number of hydrogen-bond acceptors (Lipinski definition) is 2. The van der Waals surface area contributed by atoms with Gasteiger partial charge in [-0.25, -0.2) is 4.39 Å². The van der Waals surface area contributed by atoms with Crippen molar-refractivity contribution in [1.82, 2.24) is 0 Å². The number of benzene rings is 2. The van der Waals surface area contributed by atoms with E-state index in [1.54, 1.807) is 6.07 Å². The molecule has 5 heteroatoms. The second-order valence-electron chi connectivity index (χ2n) is 4.10. The number of phenols is 1. The molecule has 98 valence electrons. The van der Waals surface area contributed by atoms with Crippen molar-refractivity contribution in [2.24, 2.45) is 0 Å². The summed E-state index contributed by atoms with van der Waals surface area (Å²) in [6.07, 6.45) is 0. The highest BCUT2D eigenvalue weighted by atomic mass is 79.9. The first kappa shape index (κ1) is 13.5. The molecule has 0 spiro atoms. The zero-order valence-electron chi connectivity index (χ0n) is 10.1. The largest absolute Gasteiger partial charge is 0.507 e. The second-order valence-corrected chi connectivity index (χ2v) is 4.95. The number of nitrogens with one attached hydrogen (secondary N) is 1. The van der Waals surface area contributed by atoms with E-state index < -0.39 is 11.7 Å². The smallest absolute Gasteiger partial charge is 0.259 e. The van der Waals surface area contributed by atoms with Crippen LogP contribution in [0.4, 0.5) is 10.1 Å². The van der Waals surface area contributed by atoms with Crippen molar-refractivity contribution in [2.45, 2.75) is 6.92 Å². The van der Waals surface area contributed by atoms with E-state index in [4.69, 9.17) is 0 Å². The molecular formula is C14H11BrFNO2. The normalized spacial score (nSPS) is 10.3. The summed E-state index contributed by atoms with van der Waals surface area (Å²) in [5.41, 5.74) is 1.46. The van der Waals surface area contributed by atoms with Crippen molar-refractivity contribution in [3.05, 3.63) is 57.8 Å². The maximum Gasteiger partial charge on any atom is 0.259 e. The van der Waals surface area contributed by atoms with Crippen LogP contribution in [0, 0.1) is 12.7 Å². The monoisotopic (exact) mass is 323 g/mol. The van der Waals surface area contributed by atoms with Crippen molar-refractivity contribution in [3.8, 4) is 5.75 Å². The van der Waals surface area contributed by atoms with Crippen LogP contribution in [-0.2, 0) is 0 Å². The summed E-state index contributed by atoms with van der Waals surface area (Å²) in [6.45, 7) is 1.82. The van der Waals surface area contributed by atoms with Gasteiger partial charge < -0.3 is 10.4 Å². The maximum absolute atomic E-state index is 12.9. The standard InChI is InChI=1S/C14H11BrFNO2/c1-8-2-4-10(13(18)6-8)14(19)17-12-5-3-9(16)7-11(12)15/h2-7,18H,1H3,(H,17,19). The number of halogens is 2. The minimum atomic E-state index is -0.454. The van der Waals surface area contributed by atoms with Crippen LogP contribution in [-0.4, -0.2) is 11.0 Å². The number of hydrogen-bond donors (Lipinski definition) is 2. The van der Waals surface area contributed by atoms with Gasteiger partial charge >= 0.3 is 0 Å².